The Kier molecular flexibility index (Phi) is 2.33. The Balaban J connectivity index is 2.16. The van der Waals surface area contributed by atoms with Crippen LogP contribution >= 0.6 is 11.6 Å². The highest BCUT2D eigenvalue weighted by Gasteiger charge is 2.20. The van der Waals surface area contributed by atoms with E-state index in [4.69, 9.17) is 17.3 Å². The smallest absolute Gasteiger partial charge is 0.226 e. The van der Waals surface area contributed by atoms with E-state index in [9.17, 15) is 0 Å². The van der Waals surface area contributed by atoms with Gasteiger partial charge in [0.15, 0.2) is 0 Å². The zero-order valence-corrected chi connectivity index (χ0v) is 7.91. The van der Waals surface area contributed by atoms with Crippen LogP contribution in [0.5, 0.6) is 0 Å². The largest absolute Gasteiger partial charge is 0.339 e. The van der Waals surface area contributed by atoms with E-state index in [1.54, 1.807) is 12.3 Å². The average molecular weight is 199 g/mol. The van der Waals surface area contributed by atoms with Crippen LogP contribution in [-0.2, 0) is 0 Å². The quantitative estimate of drug-likeness (QED) is 0.674. The van der Waals surface area contributed by atoms with Crippen LogP contribution in [0.25, 0.3) is 0 Å². The van der Waals surface area contributed by atoms with Crippen LogP contribution in [0.4, 0.5) is 5.95 Å². The number of hydrogen-bond donors (Lipinski definition) is 1. The maximum Gasteiger partial charge on any atom is 0.226 e. The molecule has 2 N–H and O–H groups in total. The number of rotatable bonds is 1. The maximum atomic E-state index is 5.77. The van der Waals surface area contributed by atoms with Gasteiger partial charge >= 0.3 is 0 Å². The normalized spacial score (nSPS) is 22.3. The number of halogens is 1. The van der Waals surface area contributed by atoms with Gasteiger partial charge in [0, 0.05) is 25.3 Å². The molecule has 4 nitrogen and oxygen atoms in total. The Morgan fingerprint density at radius 2 is 2.46 bits per heavy atom. The first-order valence-electron chi connectivity index (χ1n) is 4.25. The maximum absolute atomic E-state index is 5.77. The number of aromatic nitrogens is 2. The van der Waals surface area contributed by atoms with Gasteiger partial charge < -0.3 is 10.6 Å². The minimum Gasteiger partial charge on any atom is -0.339 e. The fourth-order valence-corrected chi connectivity index (χ4v) is 1.58. The Labute approximate surface area is 81.7 Å². The predicted molar refractivity (Wildman–Crippen MR) is 51.8 cm³/mol. The van der Waals surface area contributed by atoms with Crippen LogP contribution in [-0.4, -0.2) is 29.1 Å². The molecule has 1 aromatic heterocycles. The molecule has 0 radical (unpaired) electrons. The van der Waals surface area contributed by atoms with E-state index in [-0.39, 0.29) is 6.04 Å². The molecule has 0 bridgehead atoms. The molecule has 0 unspecified atom stereocenters. The van der Waals surface area contributed by atoms with Crippen molar-refractivity contribution in [3.05, 3.63) is 17.4 Å². The van der Waals surface area contributed by atoms with E-state index in [0.29, 0.717) is 11.1 Å². The van der Waals surface area contributed by atoms with E-state index in [1.807, 2.05) is 0 Å². The Morgan fingerprint density at radius 3 is 3.08 bits per heavy atom. The Hall–Kier alpha value is -0.870. The lowest BCUT2D eigenvalue weighted by Gasteiger charge is -2.14. The topological polar surface area (TPSA) is 55.0 Å². The van der Waals surface area contributed by atoms with Gasteiger partial charge in [-0.25, -0.2) is 9.97 Å². The van der Waals surface area contributed by atoms with Gasteiger partial charge in [-0.05, 0) is 12.5 Å². The molecule has 0 aliphatic carbocycles. The van der Waals surface area contributed by atoms with Gasteiger partial charge in [-0.1, -0.05) is 11.6 Å². The SMILES string of the molecule is N[C@@H]1CCN(c2nccc(Cl)n2)C1. The Bertz CT molecular complexity index is 304. The number of nitrogens with zero attached hydrogens (tertiary/aromatic N) is 3. The summed E-state index contributed by atoms with van der Waals surface area (Å²) >= 11 is 5.75. The molecule has 5 heteroatoms. The van der Waals surface area contributed by atoms with E-state index in [2.05, 4.69) is 14.9 Å². The summed E-state index contributed by atoms with van der Waals surface area (Å²) in [5.74, 6) is 0.681. The molecule has 1 aliphatic rings. The van der Waals surface area contributed by atoms with Crippen LogP contribution in [0.3, 0.4) is 0 Å². The highest BCUT2D eigenvalue weighted by Crippen LogP contribution is 2.16. The third-order valence-corrected chi connectivity index (χ3v) is 2.33. The molecule has 2 rings (SSSR count). The van der Waals surface area contributed by atoms with Crippen molar-refractivity contribution in [3.63, 3.8) is 0 Å². The van der Waals surface area contributed by atoms with E-state index < -0.39 is 0 Å². The average Bonchev–Trinajstić information content (AvgIpc) is 2.52. The molecular formula is C8H11ClN4. The summed E-state index contributed by atoms with van der Waals surface area (Å²) in [6.07, 6.45) is 2.66. The summed E-state index contributed by atoms with van der Waals surface area (Å²) in [6.45, 7) is 1.74. The molecular weight excluding hydrogens is 188 g/mol. The summed E-state index contributed by atoms with van der Waals surface area (Å²) in [6, 6.07) is 1.91. The lowest BCUT2D eigenvalue weighted by atomic mass is 10.3. The minimum atomic E-state index is 0.239. The van der Waals surface area contributed by atoms with Crippen LogP contribution in [0, 0.1) is 0 Å². The van der Waals surface area contributed by atoms with Crippen LogP contribution in [0.15, 0.2) is 12.3 Å². The fraction of sp³-hybridized carbons (Fsp3) is 0.500. The minimum absolute atomic E-state index is 0.239. The van der Waals surface area contributed by atoms with Crippen LogP contribution in [0.1, 0.15) is 6.42 Å². The highest BCUT2D eigenvalue weighted by molar-refractivity contribution is 6.29. The number of hydrogen-bond acceptors (Lipinski definition) is 4. The summed E-state index contributed by atoms with van der Waals surface area (Å²) in [7, 11) is 0. The molecule has 1 aromatic rings. The van der Waals surface area contributed by atoms with Crippen molar-refractivity contribution in [3.8, 4) is 0 Å². The van der Waals surface area contributed by atoms with Crippen molar-refractivity contribution in [1.29, 1.82) is 0 Å². The van der Waals surface area contributed by atoms with Crippen molar-refractivity contribution < 1.29 is 0 Å². The fourth-order valence-electron chi connectivity index (χ4n) is 1.45. The van der Waals surface area contributed by atoms with Crippen molar-refractivity contribution in [2.45, 2.75) is 12.5 Å². The van der Waals surface area contributed by atoms with Gasteiger partial charge in [0.05, 0.1) is 0 Å². The van der Waals surface area contributed by atoms with Crippen LogP contribution < -0.4 is 10.6 Å². The zero-order valence-electron chi connectivity index (χ0n) is 7.15. The van der Waals surface area contributed by atoms with Crippen molar-refractivity contribution in [2.24, 2.45) is 5.73 Å². The first-order chi connectivity index (χ1) is 6.25. The molecule has 1 aliphatic heterocycles. The van der Waals surface area contributed by atoms with Crippen molar-refractivity contribution >= 4 is 17.5 Å². The van der Waals surface area contributed by atoms with E-state index in [1.165, 1.54) is 0 Å². The second kappa shape index (κ2) is 3.47. The third-order valence-electron chi connectivity index (χ3n) is 2.12. The lowest BCUT2D eigenvalue weighted by Crippen LogP contribution is -2.27. The first kappa shape index (κ1) is 8.72. The van der Waals surface area contributed by atoms with Gasteiger partial charge in [-0.2, -0.15) is 0 Å². The standard InChI is InChI=1S/C8H11ClN4/c9-7-1-3-11-8(12-7)13-4-2-6(10)5-13/h1,3,6H,2,4-5,10H2/t6-/m1/s1. The molecule has 1 fully saturated rings. The molecule has 0 aromatic carbocycles. The summed E-state index contributed by atoms with van der Waals surface area (Å²) < 4.78 is 0. The first-order valence-corrected chi connectivity index (χ1v) is 4.62. The Morgan fingerprint density at radius 1 is 1.62 bits per heavy atom. The number of anilines is 1. The van der Waals surface area contributed by atoms with Crippen LogP contribution in [0.2, 0.25) is 5.15 Å². The second-order valence-electron chi connectivity index (χ2n) is 3.17. The molecule has 2 heterocycles. The van der Waals surface area contributed by atoms with Gasteiger partial charge in [-0.15, -0.1) is 0 Å². The summed E-state index contributed by atoms with van der Waals surface area (Å²) in [5, 5.41) is 0.477. The van der Waals surface area contributed by atoms with Crippen molar-refractivity contribution in [2.75, 3.05) is 18.0 Å². The molecule has 0 spiro atoms. The monoisotopic (exact) mass is 198 g/mol. The molecule has 70 valence electrons. The highest BCUT2D eigenvalue weighted by atomic mass is 35.5. The molecule has 0 saturated carbocycles. The van der Waals surface area contributed by atoms with Crippen molar-refractivity contribution in [1.82, 2.24) is 9.97 Å². The molecule has 13 heavy (non-hydrogen) atoms. The van der Waals surface area contributed by atoms with Gasteiger partial charge in [-0.3, -0.25) is 0 Å². The predicted octanol–water partition coefficient (Wildman–Crippen LogP) is 0.667. The molecule has 1 atom stereocenters. The van der Waals surface area contributed by atoms with Gasteiger partial charge in [0.1, 0.15) is 5.15 Å². The summed E-state index contributed by atoms with van der Waals surface area (Å²) in [5.41, 5.74) is 5.77. The molecule has 0 amide bonds. The van der Waals surface area contributed by atoms with E-state index >= 15 is 0 Å². The lowest BCUT2D eigenvalue weighted by molar-refractivity contribution is 0.750. The van der Waals surface area contributed by atoms with E-state index in [0.717, 1.165) is 19.5 Å². The zero-order chi connectivity index (χ0) is 9.26. The molecule has 1 saturated heterocycles. The third kappa shape index (κ3) is 1.89. The second-order valence-corrected chi connectivity index (χ2v) is 3.56. The van der Waals surface area contributed by atoms with Gasteiger partial charge in [0.2, 0.25) is 5.95 Å². The summed E-state index contributed by atoms with van der Waals surface area (Å²) in [4.78, 5) is 10.3. The van der Waals surface area contributed by atoms with Gasteiger partial charge in [0.25, 0.3) is 0 Å². The number of nitrogens with two attached hydrogens (primary N) is 1.